The maximum Gasteiger partial charge on any atom is 0.329 e. The summed E-state index contributed by atoms with van der Waals surface area (Å²) < 4.78 is 12.8. The normalized spacial score (nSPS) is 23.5. The van der Waals surface area contributed by atoms with Gasteiger partial charge in [0.15, 0.2) is 0 Å². The lowest BCUT2D eigenvalue weighted by Crippen LogP contribution is -2.53. The number of allylic oxidation sites excluding steroid dienone is 1. The van der Waals surface area contributed by atoms with E-state index >= 15 is 0 Å². The quantitative estimate of drug-likeness (QED) is 0.106. The van der Waals surface area contributed by atoms with Crippen molar-refractivity contribution in [3.8, 4) is 11.5 Å². The van der Waals surface area contributed by atoms with Crippen LogP contribution in [-0.2, 0) is 29.5 Å². The molecule has 8 nitrogen and oxygen atoms in total. The van der Waals surface area contributed by atoms with Crippen LogP contribution in [0.25, 0.3) is 0 Å². The number of aliphatic carboxylic acids is 1. The van der Waals surface area contributed by atoms with Gasteiger partial charge < -0.3 is 25.6 Å². The second-order valence-electron chi connectivity index (χ2n) is 14.5. The standard InChI is InChI=1S/C41H51ClN4O4S/c1-28(26-50-38-13-19-45-37-9-4-3-8-35(37)38)22-30-23-29-10-11-34(49-20-21-51-27-33(44-2)12-18-43)25-36(29)40(30)14-16-41(17-15-40,39(47)48)46-32-7-5-6-31(42)24-32/h5-7,10-13,18-19,24-25,28,30,46H,3-4,8-9,14-17,20-23,26-27,43H2,1-2H3,(H,47,48)/t28-,30?,40?,41?/m1/s1. The lowest BCUT2D eigenvalue weighted by Gasteiger charge is -2.47. The number of nitrogens with zero attached hydrogens (tertiary/aromatic N) is 2. The molecule has 1 heterocycles. The average molecular weight is 731 g/mol. The minimum atomic E-state index is -1.07. The lowest BCUT2D eigenvalue weighted by atomic mass is 9.59. The summed E-state index contributed by atoms with van der Waals surface area (Å²) in [5.74, 6) is 3.33. The Morgan fingerprint density at radius 1 is 1.16 bits per heavy atom. The highest BCUT2D eigenvalue weighted by Gasteiger charge is 2.54. The van der Waals surface area contributed by atoms with E-state index in [9.17, 15) is 9.90 Å². The summed E-state index contributed by atoms with van der Waals surface area (Å²) in [5, 5.41) is 14.6. The highest BCUT2D eigenvalue weighted by atomic mass is 35.5. The fourth-order valence-electron chi connectivity index (χ4n) is 8.52. The summed E-state index contributed by atoms with van der Waals surface area (Å²) in [5.41, 5.74) is 11.2. The molecule has 0 bridgehead atoms. The van der Waals surface area contributed by atoms with Gasteiger partial charge >= 0.3 is 5.97 Å². The number of ether oxygens (including phenoxy) is 2. The molecule has 2 atom stereocenters. The smallest absolute Gasteiger partial charge is 0.329 e. The van der Waals surface area contributed by atoms with E-state index in [4.69, 9.17) is 26.8 Å². The molecule has 4 N–H and O–H groups in total. The van der Waals surface area contributed by atoms with Crippen molar-refractivity contribution in [3.63, 3.8) is 0 Å². The van der Waals surface area contributed by atoms with Gasteiger partial charge in [-0.15, -0.1) is 0 Å². The third kappa shape index (κ3) is 8.52. The van der Waals surface area contributed by atoms with Crippen molar-refractivity contribution in [2.75, 3.05) is 37.1 Å². The van der Waals surface area contributed by atoms with Gasteiger partial charge in [-0.3, -0.25) is 9.98 Å². The molecule has 0 radical (unpaired) electrons. The number of pyridine rings is 1. The molecule has 51 heavy (non-hydrogen) atoms. The van der Waals surface area contributed by atoms with Crippen molar-refractivity contribution in [1.82, 2.24) is 4.98 Å². The summed E-state index contributed by atoms with van der Waals surface area (Å²) >= 11 is 8.05. The lowest BCUT2D eigenvalue weighted by molar-refractivity contribution is -0.144. The number of carboxylic acids is 1. The number of aromatic nitrogens is 1. The number of benzene rings is 2. The van der Waals surface area contributed by atoms with Crippen LogP contribution in [0.1, 0.15) is 74.3 Å². The van der Waals surface area contributed by atoms with E-state index in [1.54, 1.807) is 30.9 Å². The van der Waals surface area contributed by atoms with Crippen LogP contribution in [0.3, 0.4) is 0 Å². The van der Waals surface area contributed by atoms with Gasteiger partial charge in [-0.2, -0.15) is 11.8 Å². The highest BCUT2D eigenvalue weighted by Crippen LogP contribution is 2.56. The van der Waals surface area contributed by atoms with Crippen LogP contribution in [-0.4, -0.2) is 59.1 Å². The zero-order valence-electron chi connectivity index (χ0n) is 29.8. The van der Waals surface area contributed by atoms with Crippen LogP contribution in [0.2, 0.25) is 5.02 Å². The molecule has 3 aliphatic carbocycles. The van der Waals surface area contributed by atoms with Crippen LogP contribution in [0.5, 0.6) is 11.5 Å². The SMILES string of the molecule is CN=C(C=CN)CSCCOc1ccc2c(c1)C1(CCC(Nc3cccc(Cl)c3)(C(=O)O)CC1)C(C[C@@H](C)COc1ccnc3c1CCCC3)C2. The summed E-state index contributed by atoms with van der Waals surface area (Å²) in [6.45, 7) is 3.52. The van der Waals surface area contributed by atoms with Gasteiger partial charge in [0.2, 0.25) is 0 Å². The molecule has 272 valence electrons. The van der Waals surface area contributed by atoms with Gasteiger partial charge in [0.1, 0.15) is 17.0 Å². The Labute approximate surface area is 311 Å². The second kappa shape index (κ2) is 16.8. The molecule has 3 aliphatic rings. The van der Waals surface area contributed by atoms with Gasteiger partial charge in [-0.05, 0) is 141 Å². The van der Waals surface area contributed by atoms with Gasteiger partial charge in [-0.1, -0.05) is 30.7 Å². The molecule has 2 aromatic carbocycles. The van der Waals surface area contributed by atoms with Crippen LogP contribution >= 0.6 is 23.4 Å². The molecule has 3 aromatic rings. The zero-order chi connectivity index (χ0) is 35.8. The van der Waals surface area contributed by atoms with Crippen LogP contribution in [0.4, 0.5) is 5.69 Å². The predicted octanol–water partition coefficient (Wildman–Crippen LogP) is 8.29. The van der Waals surface area contributed by atoms with Gasteiger partial charge in [-0.25, -0.2) is 4.79 Å². The van der Waals surface area contributed by atoms with Gasteiger partial charge in [0.25, 0.3) is 0 Å². The van der Waals surface area contributed by atoms with Crippen LogP contribution < -0.4 is 20.5 Å². The van der Waals surface area contributed by atoms with Crippen molar-refractivity contribution < 1.29 is 19.4 Å². The summed E-state index contributed by atoms with van der Waals surface area (Å²) in [4.78, 5) is 21.9. The fraction of sp³-hybridized carbons (Fsp3) is 0.488. The van der Waals surface area contributed by atoms with Crippen molar-refractivity contribution in [2.45, 2.75) is 82.1 Å². The maximum atomic E-state index is 13.0. The summed E-state index contributed by atoms with van der Waals surface area (Å²) in [6, 6.07) is 16.0. The third-order valence-electron chi connectivity index (χ3n) is 11.2. The molecule has 10 heteroatoms. The molecule has 1 unspecified atom stereocenters. The van der Waals surface area contributed by atoms with E-state index in [1.807, 2.05) is 30.5 Å². The largest absolute Gasteiger partial charge is 0.493 e. The molecule has 1 spiro atoms. The summed E-state index contributed by atoms with van der Waals surface area (Å²) in [7, 11) is 1.78. The molecule has 1 fully saturated rings. The Morgan fingerprint density at radius 2 is 1.98 bits per heavy atom. The minimum Gasteiger partial charge on any atom is -0.493 e. The molecule has 0 saturated heterocycles. The first-order valence-corrected chi connectivity index (χ1v) is 19.8. The minimum absolute atomic E-state index is 0.149. The molecule has 0 aliphatic heterocycles. The zero-order valence-corrected chi connectivity index (χ0v) is 31.4. The Morgan fingerprint density at radius 3 is 2.75 bits per heavy atom. The number of aliphatic imine (C=N–C) groups is 1. The summed E-state index contributed by atoms with van der Waals surface area (Å²) in [6.07, 6.45) is 14.2. The Kier molecular flexibility index (Phi) is 12.2. The number of nitrogens with one attached hydrogen (secondary N) is 1. The number of carbonyl (C=O) groups is 1. The fourth-order valence-corrected chi connectivity index (χ4v) is 9.49. The topological polar surface area (TPSA) is 119 Å². The Bertz CT molecular complexity index is 1740. The molecule has 0 amide bonds. The van der Waals surface area contributed by atoms with E-state index in [0.717, 1.165) is 72.9 Å². The predicted molar refractivity (Wildman–Crippen MR) is 209 cm³/mol. The van der Waals surface area contributed by atoms with E-state index in [2.05, 4.69) is 40.4 Å². The van der Waals surface area contributed by atoms with Crippen molar-refractivity contribution in [3.05, 3.63) is 94.4 Å². The highest BCUT2D eigenvalue weighted by molar-refractivity contribution is 8.00. The number of hydrogen-bond acceptors (Lipinski definition) is 8. The number of fused-ring (bicyclic) bond motifs is 3. The van der Waals surface area contributed by atoms with E-state index in [-0.39, 0.29) is 5.41 Å². The second-order valence-corrected chi connectivity index (χ2v) is 16.0. The monoisotopic (exact) mass is 730 g/mol. The number of carboxylic acid groups (broad SMARTS) is 1. The van der Waals surface area contributed by atoms with Crippen molar-refractivity contribution in [1.29, 1.82) is 0 Å². The third-order valence-corrected chi connectivity index (χ3v) is 12.4. The Balaban J connectivity index is 1.19. The van der Waals surface area contributed by atoms with Crippen molar-refractivity contribution in [2.24, 2.45) is 22.6 Å². The number of aryl methyl sites for hydroxylation is 1. The molecular formula is C41H51ClN4O4S. The van der Waals surface area contributed by atoms with Crippen molar-refractivity contribution >= 4 is 40.7 Å². The number of hydrogen-bond donors (Lipinski definition) is 3. The average Bonchev–Trinajstić information content (AvgIpc) is 3.42. The first-order valence-electron chi connectivity index (χ1n) is 18.3. The number of anilines is 1. The first-order chi connectivity index (χ1) is 24.7. The molecule has 1 aromatic heterocycles. The van der Waals surface area contributed by atoms with Crippen LogP contribution in [0, 0.1) is 11.8 Å². The molecule has 1 saturated carbocycles. The number of rotatable bonds is 15. The van der Waals surface area contributed by atoms with E-state index in [0.29, 0.717) is 42.9 Å². The number of nitrogens with two attached hydrogens (primary N) is 1. The molecule has 6 rings (SSSR count). The Hall–Kier alpha value is -3.69. The van der Waals surface area contributed by atoms with Gasteiger partial charge in [0, 0.05) is 52.4 Å². The van der Waals surface area contributed by atoms with Gasteiger partial charge in [0.05, 0.1) is 13.2 Å². The number of thioether (sulfide) groups is 1. The van der Waals surface area contributed by atoms with E-state index in [1.165, 1.54) is 41.4 Å². The first kappa shape index (κ1) is 37.1. The van der Waals surface area contributed by atoms with Crippen LogP contribution in [0.15, 0.2) is 72.0 Å². The van der Waals surface area contributed by atoms with E-state index < -0.39 is 11.5 Å². The maximum absolute atomic E-state index is 13.0. The number of halogens is 1. The molecular weight excluding hydrogens is 680 g/mol.